The van der Waals surface area contributed by atoms with E-state index in [0.29, 0.717) is 0 Å². The summed E-state index contributed by atoms with van der Waals surface area (Å²) in [6.07, 6.45) is 26.3. The maximum Gasteiger partial charge on any atom is 0.210 e. The number of allylic oxidation sites excluding steroid dienone is 2. The lowest BCUT2D eigenvalue weighted by atomic mass is 9.95. The van der Waals surface area contributed by atoms with Crippen LogP contribution in [0.2, 0.25) is 0 Å². The van der Waals surface area contributed by atoms with Gasteiger partial charge in [0.15, 0.2) is 0 Å². The first kappa shape index (κ1) is 35.0. The molecule has 2 aromatic rings. The van der Waals surface area contributed by atoms with Crippen molar-refractivity contribution in [2.24, 2.45) is 0 Å². The van der Waals surface area contributed by atoms with Crippen LogP contribution in [-0.2, 0) is 25.7 Å². The van der Waals surface area contributed by atoms with Gasteiger partial charge < -0.3 is 5.53 Å². The van der Waals surface area contributed by atoms with Crippen LogP contribution in [0, 0.1) is 0 Å². The molecule has 0 bridgehead atoms. The zero-order valence-corrected chi connectivity index (χ0v) is 28.6. The Labute approximate surface area is 265 Å². The number of rotatable bonds is 22. The van der Waals surface area contributed by atoms with Crippen LogP contribution in [0.3, 0.4) is 0 Å². The van der Waals surface area contributed by atoms with E-state index in [4.69, 9.17) is 0 Å². The third-order valence-corrected chi connectivity index (χ3v) is 9.06. The van der Waals surface area contributed by atoms with Crippen LogP contribution < -0.4 is 0 Å². The van der Waals surface area contributed by atoms with Crippen molar-refractivity contribution in [3.05, 3.63) is 87.0 Å². The Morgan fingerprint density at radius 1 is 0.442 bits per heavy atom. The molecule has 2 aromatic carbocycles. The fourth-order valence-electron chi connectivity index (χ4n) is 6.52. The zero-order chi connectivity index (χ0) is 30.9. The molecule has 1 heterocycles. The van der Waals surface area contributed by atoms with Crippen LogP contribution in [0.5, 0.6) is 0 Å². The number of benzene rings is 2. The molecule has 1 aliphatic heterocycles. The van der Waals surface area contributed by atoms with Gasteiger partial charge in [-0.05, 0) is 111 Å². The van der Waals surface area contributed by atoms with Crippen LogP contribution in [0.1, 0.15) is 171 Å². The summed E-state index contributed by atoms with van der Waals surface area (Å²) in [6, 6.07) is 14.4. The standard InChI is InChI=1S/C41H62N2/c1-6-11-16-21-33-26-34(22-17-12-7-2)29-38(28-33)40-32-37(25-20-15-10-5)41(43(40)42)39-30-35(23-18-13-8-3)27-36(31-39)24-19-14-9-4/h26-32H,6-25H2,1-5H3. The Morgan fingerprint density at radius 3 is 1.16 bits per heavy atom. The third-order valence-electron chi connectivity index (χ3n) is 9.06. The molecule has 0 fully saturated rings. The van der Waals surface area contributed by atoms with Gasteiger partial charge in [0.1, 0.15) is 0 Å². The highest BCUT2D eigenvalue weighted by atomic mass is 15.2. The fraction of sp³-hybridized carbons (Fsp3) is 0.610. The van der Waals surface area contributed by atoms with Gasteiger partial charge in [0.25, 0.3) is 0 Å². The molecule has 0 saturated heterocycles. The first-order valence-corrected chi connectivity index (χ1v) is 18.2. The largest absolute Gasteiger partial charge is 0.493 e. The smallest absolute Gasteiger partial charge is 0.210 e. The van der Waals surface area contributed by atoms with Crippen molar-refractivity contribution in [1.29, 1.82) is 0 Å². The first-order valence-electron chi connectivity index (χ1n) is 18.2. The predicted molar refractivity (Wildman–Crippen MR) is 188 cm³/mol. The summed E-state index contributed by atoms with van der Waals surface area (Å²) < 4.78 is 1.56. The summed E-state index contributed by atoms with van der Waals surface area (Å²) in [6.45, 7) is 11.4. The molecule has 1 aliphatic rings. The molecule has 0 radical (unpaired) electrons. The molecule has 236 valence electrons. The maximum atomic E-state index is 12.0. The zero-order valence-electron chi connectivity index (χ0n) is 28.6. The van der Waals surface area contributed by atoms with Gasteiger partial charge in [-0.1, -0.05) is 111 Å². The molecular formula is C41H62N2. The maximum absolute atomic E-state index is 12.0. The summed E-state index contributed by atoms with van der Waals surface area (Å²) in [5.74, 6) is 0. The lowest BCUT2D eigenvalue weighted by molar-refractivity contribution is -0.344. The minimum atomic E-state index is 0.958. The van der Waals surface area contributed by atoms with Crippen LogP contribution in [-0.4, -0.2) is 4.70 Å². The summed E-state index contributed by atoms with van der Waals surface area (Å²) in [7, 11) is 0. The summed E-state index contributed by atoms with van der Waals surface area (Å²) in [5.41, 5.74) is 23.3. The fourth-order valence-corrected chi connectivity index (χ4v) is 6.52. The third kappa shape index (κ3) is 11.2. The Balaban J connectivity index is 2.02. The average molecular weight is 583 g/mol. The second-order valence-corrected chi connectivity index (χ2v) is 13.1. The molecule has 0 N–H and O–H groups in total. The van der Waals surface area contributed by atoms with Gasteiger partial charge in [-0.3, -0.25) is 0 Å². The lowest BCUT2D eigenvalue weighted by Gasteiger charge is -2.15. The predicted octanol–water partition coefficient (Wildman–Crippen LogP) is 13.0. The number of hydrogen-bond acceptors (Lipinski definition) is 0. The van der Waals surface area contributed by atoms with Crippen LogP contribution in [0.15, 0.2) is 48.0 Å². The number of unbranched alkanes of at least 4 members (excludes halogenated alkanes) is 10. The molecule has 43 heavy (non-hydrogen) atoms. The van der Waals surface area contributed by atoms with Gasteiger partial charge in [-0.2, -0.15) is 0 Å². The monoisotopic (exact) mass is 582 g/mol. The Morgan fingerprint density at radius 2 is 0.791 bits per heavy atom. The Kier molecular flexibility index (Phi) is 16.1. The normalized spacial score (nSPS) is 13.3. The van der Waals surface area contributed by atoms with Gasteiger partial charge >= 0.3 is 0 Å². The number of aryl methyl sites for hydroxylation is 4. The van der Waals surface area contributed by atoms with Crippen molar-refractivity contribution in [1.82, 2.24) is 0 Å². The van der Waals surface area contributed by atoms with E-state index in [2.05, 4.69) is 77.1 Å². The lowest BCUT2D eigenvalue weighted by Crippen LogP contribution is -2.05. The van der Waals surface area contributed by atoms with Crippen LogP contribution in [0.4, 0.5) is 0 Å². The van der Waals surface area contributed by atoms with Crippen molar-refractivity contribution in [2.75, 3.05) is 0 Å². The first-order chi connectivity index (χ1) is 21.0. The van der Waals surface area contributed by atoms with Crippen molar-refractivity contribution in [3.8, 4) is 0 Å². The molecule has 2 nitrogen and oxygen atoms in total. The highest BCUT2D eigenvalue weighted by Gasteiger charge is 2.29. The van der Waals surface area contributed by atoms with E-state index in [-0.39, 0.29) is 0 Å². The van der Waals surface area contributed by atoms with Gasteiger partial charge in [0.2, 0.25) is 11.4 Å². The highest BCUT2D eigenvalue weighted by molar-refractivity contribution is 5.79. The average Bonchev–Trinajstić information content (AvgIpc) is 3.33. The van der Waals surface area contributed by atoms with Gasteiger partial charge in [-0.25, -0.2) is 4.70 Å². The van der Waals surface area contributed by atoms with Gasteiger partial charge in [-0.15, -0.1) is 0 Å². The van der Waals surface area contributed by atoms with Gasteiger partial charge in [0, 0.05) is 22.8 Å². The summed E-state index contributed by atoms with van der Waals surface area (Å²) in [5, 5.41) is 0. The van der Waals surface area contributed by atoms with E-state index in [0.717, 1.165) is 49.9 Å². The van der Waals surface area contributed by atoms with E-state index in [9.17, 15) is 5.53 Å². The second kappa shape index (κ2) is 19.7. The van der Waals surface area contributed by atoms with E-state index >= 15 is 0 Å². The summed E-state index contributed by atoms with van der Waals surface area (Å²) in [4.78, 5) is 0. The number of hydrogen-bond donors (Lipinski definition) is 0. The minimum absolute atomic E-state index is 0.958. The van der Waals surface area contributed by atoms with Crippen molar-refractivity contribution >= 4 is 11.4 Å². The molecule has 2 heteroatoms. The highest BCUT2D eigenvalue weighted by Crippen LogP contribution is 2.39. The summed E-state index contributed by atoms with van der Waals surface area (Å²) >= 11 is 0. The van der Waals surface area contributed by atoms with Crippen LogP contribution in [0.25, 0.3) is 16.9 Å². The van der Waals surface area contributed by atoms with E-state index in [1.54, 1.807) is 4.70 Å². The van der Waals surface area contributed by atoms with Crippen molar-refractivity contribution in [3.63, 3.8) is 0 Å². The SMILES string of the molecule is CCCCCC1=C(c2cc(CCCCC)cc(CCCCC)c2)[N+](=[N-])C(c2cc(CCCCC)cc(CCCCC)c2)=C1. The van der Waals surface area contributed by atoms with Crippen molar-refractivity contribution in [2.45, 2.75) is 163 Å². The Hall–Kier alpha value is -2.48. The quantitative estimate of drug-likeness (QED) is 0.0974. The van der Waals surface area contributed by atoms with E-state index in [1.165, 1.54) is 129 Å². The van der Waals surface area contributed by atoms with Gasteiger partial charge in [0.05, 0.1) is 0 Å². The molecule has 0 aliphatic carbocycles. The van der Waals surface area contributed by atoms with Crippen molar-refractivity contribution < 1.29 is 4.70 Å². The second-order valence-electron chi connectivity index (χ2n) is 13.1. The molecule has 0 unspecified atom stereocenters. The molecule has 0 saturated carbocycles. The van der Waals surface area contributed by atoms with E-state index in [1.807, 2.05) is 0 Å². The topological polar surface area (TPSA) is 25.3 Å². The molecule has 3 rings (SSSR count). The minimum Gasteiger partial charge on any atom is -0.493 e. The molecule has 0 atom stereocenters. The Bertz CT molecular complexity index is 1140. The number of nitrogens with zero attached hydrogens (tertiary/aromatic N) is 2. The van der Waals surface area contributed by atoms with Crippen LogP contribution >= 0.6 is 0 Å². The molecular weight excluding hydrogens is 520 g/mol. The molecule has 0 amide bonds. The van der Waals surface area contributed by atoms with E-state index < -0.39 is 0 Å². The molecule has 0 aromatic heterocycles. The molecule has 0 spiro atoms.